The Labute approximate surface area is 221 Å². The van der Waals surface area contributed by atoms with Gasteiger partial charge in [-0.3, -0.25) is 9.78 Å². The molecule has 4 rings (SSSR count). The Morgan fingerprint density at radius 1 is 1.17 bits per heavy atom. The number of pyridine rings is 1. The van der Waals surface area contributed by atoms with Crippen LogP contribution in [0.2, 0.25) is 5.15 Å². The van der Waals surface area contributed by atoms with Crippen LogP contribution in [0.3, 0.4) is 0 Å². The van der Waals surface area contributed by atoms with Crippen LogP contribution in [0.5, 0.6) is 0 Å². The number of rotatable bonds is 8. The molecule has 11 heteroatoms. The molecule has 0 aromatic carbocycles. The third-order valence-corrected chi connectivity index (χ3v) is 7.61. The number of nitrogens with zero attached hydrogens (tertiary/aromatic N) is 5. The van der Waals surface area contributed by atoms with Crippen LogP contribution in [-0.2, 0) is 11.2 Å². The molecule has 1 saturated carbocycles. The summed E-state index contributed by atoms with van der Waals surface area (Å²) in [4.78, 5) is 42.3. The van der Waals surface area contributed by atoms with Crippen molar-refractivity contribution in [3.63, 3.8) is 0 Å². The zero-order valence-corrected chi connectivity index (χ0v) is 22.2. The van der Waals surface area contributed by atoms with E-state index in [1.54, 1.807) is 12.3 Å². The first-order valence-electron chi connectivity index (χ1n) is 12.6. The number of hydrogen-bond acceptors (Lipinski definition) is 7. The topological polar surface area (TPSA) is 103 Å². The van der Waals surface area contributed by atoms with Crippen LogP contribution in [0.25, 0.3) is 0 Å². The van der Waals surface area contributed by atoms with Gasteiger partial charge < -0.3 is 20.4 Å². The molecule has 3 amide bonds. The Morgan fingerprint density at radius 3 is 2.75 bits per heavy atom. The maximum absolute atomic E-state index is 12.8. The van der Waals surface area contributed by atoms with Crippen molar-refractivity contribution in [2.24, 2.45) is 0 Å². The van der Waals surface area contributed by atoms with Crippen LogP contribution in [0.4, 0.5) is 10.6 Å². The number of amides is 3. The molecular weight excluding hydrogens is 498 g/mol. The predicted octanol–water partition coefficient (Wildman–Crippen LogP) is 3.53. The van der Waals surface area contributed by atoms with Crippen molar-refractivity contribution in [3.05, 3.63) is 41.3 Å². The number of carbonyl (C=O) groups is 2. The van der Waals surface area contributed by atoms with Gasteiger partial charge in [-0.1, -0.05) is 48.7 Å². The van der Waals surface area contributed by atoms with E-state index in [1.807, 2.05) is 23.1 Å². The van der Waals surface area contributed by atoms with Crippen LogP contribution in [0.1, 0.15) is 44.7 Å². The van der Waals surface area contributed by atoms with E-state index >= 15 is 0 Å². The quantitative estimate of drug-likeness (QED) is 0.305. The fourth-order valence-corrected chi connectivity index (χ4v) is 5.55. The van der Waals surface area contributed by atoms with E-state index in [9.17, 15) is 9.59 Å². The van der Waals surface area contributed by atoms with Crippen LogP contribution < -0.4 is 15.5 Å². The largest absolute Gasteiger partial charge is 0.355 e. The molecule has 0 bridgehead atoms. The first-order valence-corrected chi connectivity index (χ1v) is 14.0. The highest BCUT2D eigenvalue weighted by Gasteiger charge is 2.30. The van der Waals surface area contributed by atoms with Gasteiger partial charge in [-0.2, -0.15) is 0 Å². The summed E-state index contributed by atoms with van der Waals surface area (Å²) in [6, 6.07) is 7.84. The number of nitrogens with one attached hydrogen (secondary N) is 2. The summed E-state index contributed by atoms with van der Waals surface area (Å²) in [6.07, 6.45) is 8.21. The number of urea groups is 1. The van der Waals surface area contributed by atoms with Gasteiger partial charge in [-0.05, 0) is 31.9 Å². The molecule has 2 N–H and O–H groups in total. The van der Waals surface area contributed by atoms with Crippen LogP contribution >= 0.6 is 23.4 Å². The van der Waals surface area contributed by atoms with E-state index in [4.69, 9.17) is 11.6 Å². The molecule has 2 fully saturated rings. The monoisotopic (exact) mass is 531 g/mol. The molecule has 36 heavy (non-hydrogen) atoms. The van der Waals surface area contributed by atoms with Crippen molar-refractivity contribution >= 4 is 41.1 Å². The fourth-order valence-electron chi connectivity index (χ4n) is 4.64. The molecular formula is C25H34ClN7O2S. The average molecular weight is 532 g/mol. The molecule has 2 aromatic rings. The molecule has 2 aromatic heterocycles. The number of hydrogen-bond donors (Lipinski definition) is 2. The average Bonchev–Trinajstić information content (AvgIpc) is 2.88. The van der Waals surface area contributed by atoms with Gasteiger partial charge in [-0.25, -0.2) is 14.8 Å². The summed E-state index contributed by atoms with van der Waals surface area (Å²) in [6.45, 7) is 4.51. The highest BCUT2D eigenvalue weighted by Crippen LogP contribution is 2.24. The summed E-state index contributed by atoms with van der Waals surface area (Å²) in [5.41, 5.74) is 0.939. The number of thioether (sulfide) groups is 1. The lowest BCUT2D eigenvalue weighted by Crippen LogP contribution is -2.58. The van der Waals surface area contributed by atoms with E-state index in [0.29, 0.717) is 54.8 Å². The molecule has 3 heterocycles. The normalized spacial score (nSPS) is 18.7. The molecule has 1 saturated heterocycles. The molecule has 2 aliphatic rings. The minimum atomic E-state index is -0.0905. The van der Waals surface area contributed by atoms with Crippen LogP contribution in [0, 0.1) is 0 Å². The molecule has 1 atom stereocenters. The number of anilines is 1. The maximum Gasteiger partial charge on any atom is 0.317 e. The lowest BCUT2D eigenvalue weighted by Gasteiger charge is -2.41. The van der Waals surface area contributed by atoms with Gasteiger partial charge in [-0.15, -0.1) is 0 Å². The molecule has 1 unspecified atom stereocenters. The fraction of sp³-hybridized carbons (Fsp3) is 0.560. The second kappa shape index (κ2) is 13.1. The van der Waals surface area contributed by atoms with Crippen molar-refractivity contribution in [3.8, 4) is 0 Å². The molecule has 9 nitrogen and oxygen atoms in total. The summed E-state index contributed by atoms with van der Waals surface area (Å²) in [5.74, 6) is 0.826. The molecule has 1 aliphatic heterocycles. The zero-order chi connectivity index (χ0) is 25.3. The summed E-state index contributed by atoms with van der Waals surface area (Å²) in [7, 11) is 0. The Balaban J connectivity index is 1.25. The summed E-state index contributed by atoms with van der Waals surface area (Å²) in [5, 5.41) is 6.92. The molecule has 194 valence electrons. The van der Waals surface area contributed by atoms with E-state index < -0.39 is 0 Å². The Bertz CT molecular complexity index is 1020. The highest BCUT2D eigenvalue weighted by molar-refractivity contribution is 7.99. The summed E-state index contributed by atoms with van der Waals surface area (Å²) < 4.78 is 0. The van der Waals surface area contributed by atoms with Crippen molar-refractivity contribution in [2.75, 3.05) is 36.8 Å². The lowest BCUT2D eigenvalue weighted by atomic mass is 9.96. The first kappa shape index (κ1) is 26.5. The van der Waals surface area contributed by atoms with Crippen LogP contribution in [-0.4, -0.2) is 75.8 Å². The van der Waals surface area contributed by atoms with E-state index in [-0.39, 0.29) is 23.7 Å². The van der Waals surface area contributed by atoms with E-state index in [1.165, 1.54) is 31.0 Å². The molecule has 0 spiro atoms. The number of aromatic nitrogens is 3. The van der Waals surface area contributed by atoms with Crippen molar-refractivity contribution in [2.45, 2.75) is 62.7 Å². The number of piperazine rings is 1. The zero-order valence-electron chi connectivity index (χ0n) is 20.7. The standard InChI is InChI=1S/C25H34ClN7O2S/c1-18-16-32(13-14-33(18)25(35)29-20-8-3-2-4-9-20)22-15-21(26)30-24(31-22)36-17-23(34)28-12-10-19-7-5-6-11-27-19/h5-7,11,15,18,20H,2-4,8-10,12-14,16-17H2,1H3,(H,28,34)(H,29,35). The predicted molar refractivity (Wildman–Crippen MR) is 143 cm³/mol. The van der Waals surface area contributed by atoms with Crippen LogP contribution in [0.15, 0.2) is 35.6 Å². The van der Waals surface area contributed by atoms with Gasteiger partial charge >= 0.3 is 6.03 Å². The Hall–Kier alpha value is -2.59. The smallest absolute Gasteiger partial charge is 0.317 e. The second-order valence-corrected chi connectivity index (χ2v) is 10.6. The minimum absolute atomic E-state index is 0.0278. The van der Waals surface area contributed by atoms with Crippen molar-refractivity contribution in [1.82, 2.24) is 30.5 Å². The van der Waals surface area contributed by atoms with Crippen molar-refractivity contribution in [1.29, 1.82) is 0 Å². The van der Waals surface area contributed by atoms with Gasteiger partial charge in [0.1, 0.15) is 11.0 Å². The minimum Gasteiger partial charge on any atom is -0.355 e. The molecule has 1 aliphatic carbocycles. The van der Waals surface area contributed by atoms with E-state index in [2.05, 4.69) is 37.4 Å². The van der Waals surface area contributed by atoms with E-state index in [0.717, 1.165) is 18.5 Å². The first-order chi connectivity index (χ1) is 17.5. The third-order valence-electron chi connectivity index (χ3n) is 6.57. The Kier molecular flexibility index (Phi) is 9.63. The maximum atomic E-state index is 12.8. The molecule has 0 radical (unpaired) electrons. The van der Waals surface area contributed by atoms with Gasteiger partial charge in [0.2, 0.25) is 5.91 Å². The van der Waals surface area contributed by atoms with Gasteiger partial charge in [0.25, 0.3) is 0 Å². The summed E-state index contributed by atoms with van der Waals surface area (Å²) >= 11 is 7.54. The number of halogens is 1. The van der Waals surface area contributed by atoms with Gasteiger partial charge in [0, 0.05) is 62.6 Å². The number of carbonyl (C=O) groups excluding carboxylic acids is 2. The highest BCUT2D eigenvalue weighted by atomic mass is 35.5. The third kappa shape index (κ3) is 7.70. The lowest BCUT2D eigenvalue weighted by molar-refractivity contribution is -0.118. The SMILES string of the molecule is CC1CN(c2cc(Cl)nc(SCC(=O)NCCc3ccccn3)n2)CCN1C(=O)NC1CCCCC1. The van der Waals surface area contributed by atoms with Gasteiger partial charge in [0.15, 0.2) is 5.16 Å². The van der Waals surface area contributed by atoms with Crippen molar-refractivity contribution < 1.29 is 9.59 Å². The Morgan fingerprint density at radius 2 is 2.00 bits per heavy atom. The van der Waals surface area contributed by atoms with Gasteiger partial charge in [0.05, 0.1) is 5.75 Å². The second-order valence-electron chi connectivity index (χ2n) is 9.31.